The number of aldehydes is 1. The van der Waals surface area contributed by atoms with Gasteiger partial charge in [0.15, 0.2) is 0 Å². The fraction of sp³-hybridized carbons (Fsp3) is 0.634. The standard InChI is InChI=1S/C11H23NO.C9H17N3O2.C9H12O.C8H11NO.C4H8O/c1-3-7-12(8-4-2)11-5-9-13-10-6-11;1-7(13)6-11-9(14)12-4-2-8(10)3-5-12;1-6-4-7(2)9(10)8(3)5-6;1-9-7-3-5-8(10-2)6-4-7;1-2-3-4-5/h11H,3-10H2,1-2H3;8H,2-6,10H2,1H3,(H,11,14);4-5,10H,1-3H3;3-6,9H,1-2H3;4H,2-3H2,1H3. The molecule has 0 radical (unpaired) electrons. The maximum Gasteiger partial charge on any atom is 0.317 e. The number of nitrogens with two attached hydrogens (primary N) is 1. The average molecular weight is 730 g/mol. The summed E-state index contributed by atoms with van der Waals surface area (Å²) in [4.78, 5) is 35.8. The maximum atomic E-state index is 11.4. The van der Waals surface area contributed by atoms with Crippen LogP contribution in [0.25, 0.3) is 0 Å². The number of ketones is 1. The molecule has 52 heavy (non-hydrogen) atoms. The van der Waals surface area contributed by atoms with Crippen LogP contribution in [0.15, 0.2) is 36.4 Å². The van der Waals surface area contributed by atoms with Gasteiger partial charge in [0, 0.05) is 57.5 Å². The van der Waals surface area contributed by atoms with E-state index in [1.54, 1.807) is 12.0 Å². The van der Waals surface area contributed by atoms with Crippen LogP contribution in [0.4, 0.5) is 10.5 Å². The van der Waals surface area contributed by atoms with E-state index in [4.69, 9.17) is 15.2 Å². The normalized spacial score (nSPS) is 14.1. The second-order valence-electron chi connectivity index (χ2n) is 13.2. The third-order valence-corrected chi connectivity index (χ3v) is 8.46. The van der Waals surface area contributed by atoms with E-state index in [1.165, 1.54) is 51.3 Å². The van der Waals surface area contributed by atoms with Gasteiger partial charge in [-0.1, -0.05) is 38.5 Å². The number of hydrogen-bond donors (Lipinski definition) is 4. The van der Waals surface area contributed by atoms with Gasteiger partial charge in [0.05, 0.1) is 13.7 Å². The van der Waals surface area contributed by atoms with E-state index in [0.29, 0.717) is 25.3 Å². The maximum absolute atomic E-state index is 11.4. The number of urea groups is 1. The number of nitrogens with zero attached hydrogens (tertiary/aromatic N) is 2. The number of likely N-dealkylation sites (tertiary alicyclic amines) is 1. The van der Waals surface area contributed by atoms with Crippen LogP contribution in [0.2, 0.25) is 0 Å². The monoisotopic (exact) mass is 730 g/mol. The van der Waals surface area contributed by atoms with Gasteiger partial charge in [-0.15, -0.1) is 0 Å². The first kappa shape index (κ1) is 48.3. The molecule has 0 saturated carbocycles. The van der Waals surface area contributed by atoms with Crippen molar-refractivity contribution in [1.82, 2.24) is 15.1 Å². The number of phenols is 1. The fourth-order valence-corrected chi connectivity index (χ4v) is 5.56. The van der Waals surface area contributed by atoms with Gasteiger partial charge in [0.1, 0.15) is 23.6 Å². The smallest absolute Gasteiger partial charge is 0.317 e. The van der Waals surface area contributed by atoms with Gasteiger partial charge in [-0.05, 0) is 121 Å². The molecule has 2 aromatic rings. The summed E-state index contributed by atoms with van der Waals surface area (Å²) in [7, 11) is 3.55. The molecule has 0 atom stereocenters. The summed E-state index contributed by atoms with van der Waals surface area (Å²) in [5, 5.41) is 14.9. The first-order valence-electron chi connectivity index (χ1n) is 19.0. The number of benzene rings is 2. The highest BCUT2D eigenvalue weighted by Gasteiger charge is 2.21. The number of hydrogen-bond acceptors (Lipinski definition) is 9. The molecule has 296 valence electrons. The minimum absolute atomic E-state index is 0.0351. The topological polar surface area (TPSA) is 146 Å². The van der Waals surface area contributed by atoms with Crippen molar-refractivity contribution >= 4 is 23.8 Å². The lowest BCUT2D eigenvalue weighted by molar-refractivity contribution is -0.116. The molecule has 2 amide bonds. The van der Waals surface area contributed by atoms with E-state index < -0.39 is 0 Å². The predicted octanol–water partition coefficient (Wildman–Crippen LogP) is 7.04. The molecule has 2 fully saturated rings. The number of aryl methyl sites for hydroxylation is 3. The van der Waals surface area contributed by atoms with Crippen LogP contribution < -0.4 is 21.1 Å². The molecule has 11 nitrogen and oxygen atoms in total. The molecule has 2 saturated heterocycles. The zero-order chi connectivity index (χ0) is 39.3. The number of carbonyl (C=O) groups excluding carboxylic acids is 3. The van der Waals surface area contributed by atoms with E-state index in [2.05, 4.69) is 29.4 Å². The summed E-state index contributed by atoms with van der Waals surface area (Å²) in [5.41, 5.74) is 9.92. The molecule has 11 heteroatoms. The first-order chi connectivity index (χ1) is 24.9. The van der Waals surface area contributed by atoms with Gasteiger partial charge in [-0.2, -0.15) is 0 Å². The molecule has 2 aliphatic rings. The molecule has 0 spiro atoms. The number of amides is 2. The Labute approximate surface area is 315 Å². The molecule has 5 N–H and O–H groups in total. The third-order valence-electron chi connectivity index (χ3n) is 8.46. The molecule has 2 aliphatic heterocycles. The Kier molecular flexibility index (Phi) is 27.8. The van der Waals surface area contributed by atoms with Gasteiger partial charge in [-0.25, -0.2) is 4.79 Å². The minimum Gasteiger partial charge on any atom is -0.507 e. The number of piperidine rings is 1. The number of Topliss-reactive ketones (excluding diaryl/α,β-unsaturated/α-hetero) is 1. The van der Waals surface area contributed by atoms with Crippen molar-refractivity contribution in [2.75, 3.05) is 65.4 Å². The van der Waals surface area contributed by atoms with Crippen molar-refractivity contribution < 1.29 is 29.0 Å². The highest BCUT2D eigenvalue weighted by Crippen LogP contribution is 2.22. The van der Waals surface area contributed by atoms with Crippen molar-refractivity contribution in [1.29, 1.82) is 0 Å². The predicted molar refractivity (Wildman–Crippen MR) is 215 cm³/mol. The first-order valence-corrected chi connectivity index (χ1v) is 19.0. The summed E-state index contributed by atoms with van der Waals surface area (Å²) in [5.74, 6) is 1.27. The molecular formula is C41H71N5O6. The number of aromatic hydroxyl groups is 1. The molecular weight excluding hydrogens is 658 g/mol. The average Bonchev–Trinajstić information content (AvgIpc) is 3.15. The van der Waals surface area contributed by atoms with Crippen LogP contribution in [0.1, 0.15) is 95.8 Å². The number of unbranched alkanes of at least 4 members (excludes halogenated alkanes) is 1. The van der Waals surface area contributed by atoms with Crippen LogP contribution in [0, 0.1) is 20.8 Å². The quantitative estimate of drug-likeness (QED) is 0.179. The Morgan fingerprint density at radius 3 is 1.90 bits per heavy atom. The van der Waals surface area contributed by atoms with Crippen molar-refractivity contribution in [3.8, 4) is 11.5 Å². The van der Waals surface area contributed by atoms with Crippen LogP contribution in [-0.2, 0) is 14.3 Å². The summed E-state index contributed by atoms with van der Waals surface area (Å²) in [6.07, 6.45) is 9.32. The Bertz CT molecular complexity index is 1180. The van der Waals surface area contributed by atoms with Crippen molar-refractivity contribution in [3.63, 3.8) is 0 Å². The summed E-state index contributed by atoms with van der Waals surface area (Å²) < 4.78 is 10.4. The largest absolute Gasteiger partial charge is 0.507 e. The van der Waals surface area contributed by atoms with Crippen LogP contribution >= 0.6 is 0 Å². The molecule has 0 aromatic heterocycles. The number of ether oxygens (including phenoxy) is 2. The Morgan fingerprint density at radius 1 is 0.962 bits per heavy atom. The second kappa shape index (κ2) is 29.9. The van der Waals surface area contributed by atoms with E-state index >= 15 is 0 Å². The highest BCUT2D eigenvalue weighted by atomic mass is 16.5. The molecule has 0 aliphatic carbocycles. The second-order valence-corrected chi connectivity index (χ2v) is 13.2. The van der Waals surface area contributed by atoms with E-state index in [9.17, 15) is 19.5 Å². The van der Waals surface area contributed by atoms with E-state index in [1.807, 2.05) is 71.1 Å². The van der Waals surface area contributed by atoms with Crippen molar-refractivity contribution in [3.05, 3.63) is 53.1 Å². The summed E-state index contributed by atoms with van der Waals surface area (Å²) in [6.45, 7) is 19.8. The van der Waals surface area contributed by atoms with E-state index in [-0.39, 0.29) is 24.4 Å². The number of phenolic OH excluding ortho intramolecular Hbond substituents is 1. The Morgan fingerprint density at radius 2 is 1.50 bits per heavy atom. The number of carbonyl (C=O) groups is 3. The highest BCUT2D eigenvalue weighted by molar-refractivity contribution is 5.83. The van der Waals surface area contributed by atoms with Crippen LogP contribution in [-0.4, -0.2) is 105 Å². The third kappa shape index (κ3) is 22.3. The van der Waals surface area contributed by atoms with Crippen LogP contribution in [0.5, 0.6) is 11.5 Å². The van der Waals surface area contributed by atoms with Gasteiger partial charge in [-0.3, -0.25) is 4.79 Å². The van der Waals surface area contributed by atoms with Gasteiger partial charge < -0.3 is 45.5 Å². The molecule has 0 unspecified atom stereocenters. The van der Waals surface area contributed by atoms with Crippen molar-refractivity contribution in [2.45, 2.75) is 112 Å². The van der Waals surface area contributed by atoms with Gasteiger partial charge >= 0.3 is 6.03 Å². The molecule has 2 aromatic carbocycles. The number of anilines is 1. The number of methoxy groups -OCH3 is 1. The lowest BCUT2D eigenvalue weighted by Crippen LogP contribution is -2.48. The SMILES string of the molecule is CC(=O)CNC(=O)N1CCC(N)CC1.CCCC=O.CCCN(CCC)C1CCOCC1.CNc1ccc(OC)cc1.Cc1cc(C)c(O)c(C)c1. The van der Waals surface area contributed by atoms with E-state index in [0.717, 1.165) is 67.4 Å². The zero-order valence-electron chi connectivity index (χ0n) is 33.8. The Hall–Kier alpha value is -3.67. The molecule has 2 heterocycles. The minimum atomic E-state index is -0.160. The number of rotatable bonds is 11. The lowest BCUT2D eigenvalue weighted by atomic mass is 10.1. The summed E-state index contributed by atoms with van der Waals surface area (Å²) >= 11 is 0. The molecule has 4 rings (SSSR count). The fourth-order valence-electron chi connectivity index (χ4n) is 5.56. The summed E-state index contributed by atoms with van der Waals surface area (Å²) in [6, 6.07) is 12.6. The van der Waals surface area contributed by atoms with Gasteiger partial charge in [0.2, 0.25) is 0 Å². The number of nitrogens with one attached hydrogen (secondary N) is 2. The van der Waals surface area contributed by atoms with Crippen LogP contribution in [0.3, 0.4) is 0 Å². The lowest BCUT2D eigenvalue weighted by Gasteiger charge is -2.33. The zero-order valence-corrected chi connectivity index (χ0v) is 33.8. The van der Waals surface area contributed by atoms with Crippen molar-refractivity contribution in [2.24, 2.45) is 5.73 Å². The Balaban J connectivity index is 0.000000644. The van der Waals surface area contributed by atoms with Gasteiger partial charge in [0.25, 0.3) is 0 Å². The molecule has 0 bridgehead atoms.